The number of benzene rings is 2. The van der Waals surface area contributed by atoms with Crippen molar-refractivity contribution >= 4 is 16.8 Å². The SMILES string of the molecule is Cc1cc(-c2nc3cc(CO)ccc3o2)cc(C)c1N. The zero-order valence-corrected chi connectivity index (χ0v) is 11.5. The van der Waals surface area contributed by atoms with E-state index in [2.05, 4.69) is 4.98 Å². The molecule has 0 fully saturated rings. The van der Waals surface area contributed by atoms with Crippen LogP contribution < -0.4 is 5.73 Å². The topological polar surface area (TPSA) is 72.3 Å². The molecule has 0 atom stereocenters. The lowest BCUT2D eigenvalue weighted by Crippen LogP contribution is -1.94. The monoisotopic (exact) mass is 268 g/mol. The van der Waals surface area contributed by atoms with Crippen LogP contribution in [0, 0.1) is 13.8 Å². The highest BCUT2D eigenvalue weighted by molar-refractivity contribution is 5.77. The maximum absolute atomic E-state index is 9.15. The summed E-state index contributed by atoms with van der Waals surface area (Å²) in [4.78, 5) is 4.48. The number of aromatic nitrogens is 1. The summed E-state index contributed by atoms with van der Waals surface area (Å²) in [6, 6.07) is 9.44. The highest BCUT2D eigenvalue weighted by Crippen LogP contribution is 2.29. The van der Waals surface area contributed by atoms with Gasteiger partial charge in [-0.25, -0.2) is 4.98 Å². The molecule has 2 aromatic carbocycles. The second-order valence-corrected chi connectivity index (χ2v) is 5.00. The van der Waals surface area contributed by atoms with E-state index < -0.39 is 0 Å². The Morgan fingerprint density at radius 1 is 1.15 bits per heavy atom. The van der Waals surface area contributed by atoms with Crippen LogP contribution in [-0.2, 0) is 6.61 Å². The van der Waals surface area contributed by atoms with Crippen molar-refractivity contribution in [1.82, 2.24) is 4.98 Å². The van der Waals surface area contributed by atoms with E-state index in [9.17, 15) is 0 Å². The number of nitrogens with zero attached hydrogens (tertiary/aromatic N) is 1. The zero-order valence-electron chi connectivity index (χ0n) is 11.5. The fraction of sp³-hybridized carbons (Fsp3) is 0.188. The smallest absolute Gasteiger partial charge is 0.227 e. The van der Waals surface area contributed by atoms with Gasteiger partial charge in [-0.2, -0.15) is 0 Å². The fourth-order valence-electron chi connectivity index (χ4n) is 2.29. The zero-order chi connectivity index (χ0) is 14.3. The first-order chi connectivity index (χ1) is 9.58. The Kier molecular flexibility index (Phi) is 2.95. The van der Waals surface area contributed by atoms with Crippen LogP contribution in [-0.4, -0.2) is 10.1 Å². The third-order valence-corrected chi connectivity index (χ3v) is 3.48. The highest BCUT2D eigenvalue weighted by atomic mass is 16.3. The second kappa shape index (κ2) is 4.65. The molecule has 0 saturated heterocycles. The van der Waals surface area contributed by atoms with E-state index in [0.29, 0.717) is 11.5 Å². The van der Waals surface area contributed by atoms with E-state index in [1.807, 2.05) is 44.2 Å². The first-order valence-electron chi connectivity index (χ1n) is 6.46. The summed E-state index contributed by atoms with van der Waals surface area (Å²) in [5.41, 5.74) is 12.0. The quantitative estimate of drug-likeness (QED) is 0.700. The number of nitrogen functional groups attached to an aromatic ring is 1. The van der Waals surface area contributed by atoms with Gasteiger partial charge < -0.3 is 15.3 Å². The molecule has 102 valence electrons. The summed E-state index contributed by atoms with van der Waals surface area (Å²) in [5.74, 6) is 0.571. The van der Waals surface area contributed by atoms with Crippen molar-refractivity contribution in [2.75, 3.05) is 5.73 Å². The average Bonchev–Trinajstić information content (AvgIpc) is 2.86. The molecule has 0 unspecified atom stereocenters. The maximum Gasteiger partial charge on any atom is 0.227 e. The van der Waals surface area contributed by atoms with E-state index in [4.69, 9.17) is 15.3 Å². The summed E-state index contributed by atoms with van der Waals surface area (Å²) >= 11 is 0. The lowest BCUT2D eigenvalue weighted by Gasteiger charge is -2.06. The lowest BCUT2D eigenvalue weighted by atomic mass is 10.0. The Bertz CT molecular complexity index is 767. The van der Waals surface area contributed by atoms with Crippen LogP contribution in [0.25, 0.3) is 22.6 Å². The van der Waals surface area contributed by atoms with Gasteiger partial charge >= 0.3 is 0 Å². The normalized spacial score (nSPS) is 11.2. The first kappa shape index (κ1) is 12.7. The van der Waals surface area contributed by atoms with Gasteiger partial charge in [-0.15, -0.1) is 0 Å². The molecule has 3 rings (SSSR count). The van der Waals surface area contributed by atoms with Crippen molar-refractivity contribution in [3.8, 4) is 11.5 Å². The minimum atomic E-state index is -0.00177. The van der Waals surface area contributed by atoms with Gasteiger partial charge in [-0.3, -0.25) is 0 Å². The van der Waals surface area contributed by atoms with E-state index in [0.717, 1.165) is 33.5 Å². The van der Waals surface area contributed by atoms with Crippen LogP contribution in [0.15, 0.2) is 34.7 Å². The van der Waals surface area contributed by atoms with Crippen molar-refractivity contribution in [2.45, 2.75) is 20.5 Å². The highest BCUT2D eigenvalue weighted by Gasteiger charge is 2.11. The molecule has 0 aliphatic carbocycles. The van der Waals surface area contributed by atoms with Gasteiger partial charge in [-0.1, -0.05) is 6.07 Å². The third kappa shape index (κ3) is 2.04. The Hall–Kier alpha value is -2.33. The van der Waals surface area contributed by atoms with Crippen molar-refractivity contribution in [3.63, 3.8) is 0 Å². The molecule has 0 radical (unpaired) electrons. The number of rotatable bonds is 2. The summed E-state index contributed by atoms with van der Waals surface area (Å²) < 4.78 is 5.77. The Balaban J connectivity index is 2.14. The minimum Gasteiger partial charge on any atom is -0.436 e. The number of anilines is 1. The summed E-state index contributed by atoms with van der Waals surface area (Å²) in [5, 5.41) is 9.15. The molecule has 0 aliphatic rings. The molecule has 20 heavy (non-hydrogen) atoms. The predicted octanol–water partition coefficient (Wildman–Crippen LogP) is 3.19. The van der Waals surface area contributed by atoms with Crippen molar-refractivity contribution in [2.24, 2.45) is 0 Å². The molecule has 3 aromatic rings. The van der Waals surface area contributed by atoms with Crippen LogP contribution >= 0.6 is 0 Å². The number of aryl methyl sites for hydroxylation is 2. The van der Waals surface area contributed by atoms with Gasteiger partial charge in [0, 0.05) is 11.3 Å². The molecule has 0 saturated carbocycles. The summed E-state index contributed by atoms with van der Waals surface area (Å²) in [6.45, 7) is 3.94. The Morgan fingerprint density at radius 2 is 1.85 bits per heavy atom. The Labute approximate surface area is 116 Å². The average molecular weight is 268 g/mol. The van der Waals surface area contributed by atoms with Crippen LogP contribution in [0.2, 0.25) is 0 Å². The maximum atomic E-state index is 9.15. The molecule has 0 amide bonds. The van der Waals surface area contributed by atoms with E-state index in [-0.39, 0.29) is 6.61 Å². The molecular weight excluding hydrogens is 252 g/mol. The van der Waals surface area contributed by atoms with Gasteiger partial charge in [0.15, 0.2) is 5.58 Å². The number of oxazole rings is 1. The van der Waals surface area contributed by atoms with Gasteiger partial charge in [-0.05, 0) is 54.8 Å². The molecular formula is C16H16N2O2. The third-order valence-electron chi connectivity index (χ3n) is 3.48. The van der Waals surface area contributed by atoms with E-state index in [1.165, 1.54) is 0 Å². The molecule has 1 heterocycles. The number of fused-ring (bicyclic) bond motifs is 1. The van der Waals surface area contributed by atoms with Crippen LogP contribution in [0.1, 0.15) is 16.7 Å². The van der Waals surface area contributed by atoms with Crippen LogP contribution in [0.5, 0.6) is 0 Å². The van der Waals surface area contributed by atoms with Gasteiger partial charge in [0.25, 0.3) is 0 Å². The van der Waals surface area contributed by atoms with Crippen molar-refractivity contribution in [3.05, 3.63) is 47.0 Å². The Morgan fingerprint density at radius 3 is 2.50 bits per heavy atom. The number of hydrogen-bond acceptors (Lipinski definition) is 4. The molecule has 0 spiro atoms. The van der Waals surface area contributed by atoms with Crippen LogP contribution in [0.3, 0.4) is 0 Å². The standard InChI is InChI=1S/C16H16N2O2/c1-9-5-12(6-10(2)15(9)17)16-18-13-7-11(8-19)3-4-14(13)20-16/h3-7,19H,8,17H2,1-2H3. The van der Waals surface area contributed by atoms with E-state index in [1.54, 1.807) is 0 Å². The fourth-order valence-corrected chi connectivity index (χ4v) is 2.29. The molecule has 1 aromatic heterocycles. The van der Waals surface area contributed by atoms with Crippen molar-refractivity contribution in [1.29, 1.82) is 0 Å². The van der Waals surface area contributed by atoms with Gasteiger partial charge in [0.2, 0.25) is 5.89 Å². The van der Waals surface area contributed by atoms with Crippen LogP contribution in [0.4, 0.5) is 5.69 Å². The number of nitrogens with two attached hydrogens (primary N) is 1. The summed E-state index contributed by atoms with van der Waals surface area (Å²) in [7, 11) is 0. The molecule has 3 N–H and O–H groups in total. The van der Waals surface area contributed by atoms with Crippen molar-refractivity contribution < 1.29 is 9.52 Å². The summed E-state index contributed by atoms with van der Waals surface area (Å²) in [6.07, 6.45) is 0. The lowest BCUT2D eigenvalue weighted by molar-refractivity contribution is 0.282. The number of aliphatic hydroxyl groups excluding tert-OH is 1. The number of aliphatic hydroxyl groups is 1. The molecule has 4 nitrogen and oxygen atoms in total. The molecule has 0 bridgehead atoms. The van der Waals surface area contributed by atoms with Gasteiger partial charge in [0.05, 0.1) is 6.61 Å². The van der Waals surface area contributed by atoms with Gasteiger partial charge in [0.1, 0.15) is 5.52 Å². The second-order valence-electron chi connectivity index (χ2n) is 5.00. The molecule has 0 aliphatic heterocycles. The first-order valence-corrected chi connectivity index (χ1v) is 6.46. The largest absolute Gasteiger partial charge is 0.436 e. The predicted molar refractivity (Wildman–Crippen MR) is 79.3 cm³/mol. The molecule has 4 heteroatoms. The minimum absolute atomic E-state index is 0.00177. The number of hydrogen-bond donors (Lipinski definition) is 2. The van der Waals surface area contributed by atoms with E-state index >= 15 is 0 Å².